The molecule has 2 aromatic carbocycles. The molecule has 152 valence electrons. The molecule has 1 unspecified atom stereocenters. The number of aromatic amines is 1. The molecule has 1 atom stereocenters. The van der Waals surface area contributed by atoms with Crippen molar-refractivity contribution in [3.8, 4) is 0 Å². The summed E-state index contributed by atoms with van der Waals surface area (Å²) in [5.41, 5.74) is 8.72. The highest BCUT2D eigenvalue weighted by Crippen LogP contribution is 2.26. The van der Waals surface area contributed by atoms with Crippen LogP contribution >= 0.6 is 0 Å². The molecule has 0 saturated heterocycles. The Morgan fingerprint density at radius 3 is 2.55 bits per heavy atom. The highest BCUT2D eigenvalue weighted by molar-refractivity contribution is 5.97. The van der Waals surface area contributed by atoms with Crippen LogP contribution in [0.2, 0.25) is 0 Å². The van der Waals surface area contributed by atoms with Crippen LogP contribution in [0.25, 0.3) is 10.9 Å². The van der Waals surface area contributed by atoms with E-state index in [1.165, 1.54) is 0 Å². The van der Waals surface area contributed by atoms with Crippen molar-refractivity contribution >= 4 is 28.4 Å². The minimum absolute atomic E-state index is 0.0484. The van der Waals surface area contributed by atoms with E-state index in [1.807, 2.05) is 41.4 Å². The fraction of sp³-hybridized carbons (Fsp3) is 0.333. The fourth-order valence-corrected chi connectivity index (χ4v) is 3.96. The molecule has 0 bridgehead atoms. The van der Waals surface area contributed by atoms with E-state index >= 15 is 0 Å². The van der Waals surface area contributed by atoms with Gasteiger partial charge in [0.2, 0.25) is 11.8 Å². The molecule has 0 saturated carbocycles. The number of amides is 2. The molecule has 0 radical (unpaired) electrons. The molecule has 0 spiro atoms. The topological polar surface area (TPSA) is 79.2 Å². The number of aryl methyl sites for hydroxylation is 1. The van der Waals surface area contributed by atoms with Gasteiger partial charge >= 0.3 is 0 Å². The summed E-state index contributed by atoms with van der Waals surface area (Å²) >= 11 is 0. The summed E-state index contributed by atoms with van der Waals surface area (Å²) in [4.78, 5) is 30.1. The number of hydrogen-bond donors (Lipinski definition) is 2. The maximum absolute atomic E-state index is 13.3. The molecule has 2 amide bonds. The molecule has 0 aliphatic heterocycles. The zero-order chi connectivity index (χ0) is 21.0. The Hall–Kier alpha value is -3.08. The van der Waals surface area contributed by atoms with Gasteiger partial charge in [-0.15, -0.1) is 0 Å². The minimum Gasteiger partial charge on any atom is -0.366 e. The lowest BCUT2D eigenvalue weighted by molar-refractivity contribution is -0.119. The molecule has 3 N–H and O–H groups in total. The van der Waals surface area contributed by atoms with Crippen molar-refractivity contribution in [1.82, 2.24) is 4.98 Å². The number of fused-ring (bicyclic) bond motifs is 1. The van der Waals surface area contributed by atoms with Crippen LogP contribution in [-0.4, -0.2) is 22.8 Å². The second-order valence-corrected chi connectivity index (χ2v) is 8.01. The average molecular weight is 392 g/mol. The second-order valence-electron chi connectivity index (χ2n) is 8.01. The Kier molecular flexibility index (Phi) is 6.37. The van der Waals surface area contributed by atoms with Gasteiger partial charge in [-0.2, -0.15) is 0 Å². The van der Waals surface area contributed by atoms with Gasteiger partial charge in [-0.3, -0.25) is 9.59 Å². The van der Waals surface area contributed by atoms with E-state index in [4.69, 9.17) is 5.73 Å². The van der Waals surface area contributed by atoms with Crippen LogP contribution in [0.1, 0.15) is 49.5 Å². The van der Waals surface area contributed by atoms with E-state index in [9.17, 15) is 9.59 Å². The molecule has 5 heteroatoms. The highest BCUT2D eigenvalue weighted by atomic mass is 16.2. The molecule has 3 aromatic rings. The number of nitrogens with zero attached hydrogens (tertiary/aromatic N) is 1. The van der Waals surface area contributed by atoms with Gasteiger partial charge in [-0.1, -0.05) is 32.0 Å². The van der Waals surface area contributed by atoms with Gasteiger partial charge < -0.3 is 15.6 Å². The number of carbonyl (C=O) groups is 2. The SMILES string of the molecule is CC(C)CC(C)N(C(=O)CCc1ccccc1C(N)=O)c1ccc2[nH]ccc2c1. The zero-order valence-corrected chi connectivity index (χ0v) is 17.3. The Labute approximate surface area is 171 Å². The van der Waals surface area contributed by atoms with Crippen LogP contribution < -0.4 is 10.6 Å². The molecule has 0 aliphatic rings. The summed E-state index contributed by atoms with van der Waals surface area (Å²) in [5.74, 6) is 0.0650. The van der Waals surface area contributed by atoms with Gasteiger partial charge in [0, 0.05) is 40.8 Å². The van der Waals surface area contributed by atoms with Crippen LogP contribution in [-0.2, 0) is 11.2 Å². The van der Waals surface area contributed by atoms with Gasteiger partial charge in [0.15, 0.2) is 0 Å². The van der Waals surface area contributed by atoms with E-state index in [0.29, 0.717) is 24.3 Å². The number of benzene rings is 2. The summed E-state index contributed by atoms with van der Waals surface area (Å²) in [5, 5.41) is 1.08. The molecule has 0 fully saturated rings. The first kappa shape index (κ1) is 20.6. The zero-order valence-electron chi connectivity index (χ0n) is 17.3. The lowest BCUT2D eigenvalue weighted by Crippen LogP contribution is -2.39. The van der Waals surface area contributed by atoms with Crippen LogP contribution in [0.4, 0.5) is 5.69 Å². The largest absolute Gasteiger partial charge is 0.366 e. The van der Waals surface area contributed by atoms with Gasteiger partial charge in [0.05, 0.1) is 0 Å². The normalized spacial score (nSPS) is 12.3. The van der Waals surface area contributed by atoms with Crippen LogP contribution in [0.3, 0.4) is 0 Å². The molecular formula is C24H29N3O2. The number of hydrogen-bond acceptors (Lipinski definition) is 2. The molecule has 29 heavy (non-hydrogen) atoms. The number of nitrogens with one attached hydrogen (secondary N) is 1. The predicted molar refractivity (Wildman–Crippen MR) is 118 cm³/mol. The van der Waals surface area contributed by atoms with Crippen molar-refractivity contribution in [3.63, 3.8) is 0 Å². The lowest BCUT2D eigenvalue weighted by Gasteiger charge is -2.31. The number of rotatable bonds is 8. The maximum Gasteiger partial charge on any atom is 0.248 e. The van der Waals surface area contributed by atoms with Crippen molar-refractivity contribution in [3.05, 3.63) is 65.9 Å². The average Bonchev–Trinajstić information content (AvgIpc) is 3.14. The quantitative estimate of drug-likeness (QED) is 0.585. The predicted octanol–water partition coefficient (Wildman–Crippen LogP) is 4.67. The Bertz CT molecular complexity index is 1010. The highest BCUT2D eigenvalue weighted by Gasteiger charge is 2.23. The Morgan fingerprint density at radius 2 is 1.83 bits per heavy atom. The molecule has 1 heterocycles. The van der Waals surface area contributed by atoms with Crippen molar-refractivity contribution < 1.29 is 9.59 Å². The second kappa shape index (κ2) is 8.95. The van der Waals surface area contributed by atoms with E-state index in [1.54, 1.807) is 12.1 Å². The van der Waals surface area contributed by atoms with E-state index in [0.717, 1.165) is 28.6 Å². The maximum atomic E-state index is 13.3. The summed E-state index contributed by atoms with van der Waals surface area (Å²) in [6.45, 7) is 6.42. The van der Waals surface area contributed by atoms with Gasteiger partial charge in [-0.25, -0.2) is 0 Å². The first-order chi connectivity index (χ1) is 13.9. The molecule has 5 nitrogen and oxygen atoms in total. The minimum atomic E-state index is -0.462. The van der Waals surface area contributed by atoms with E-state index in [2.05, 4.69) is 31.8 Å². The van der Waals surface area contributed by atoms with E-state index in [-0.39, 0.29) is 11.9 Å². The Balaban J connectivity index is 1.85. The number of primary amides is 1. The monoisotopic (exact) mass is 391 g/mol. The number of H-pyrrole nitrogens is 1. The third-order valence-corrected chi connectivity index (χ3v) is 5.23. The van der Waals surface area contributed by atoms with Gasteiger partial charge in [0.1, 0.15) is 0 Å². The standard InChI is InChI=1S/C24H29N3O2/c1-16(2)14-17(3)27(20-9-10-22-19(15-20)12-13-26-22)23(28)11-8-18-6-4-5-7-21(18)24(25)29/h4-7,9-10,12-13,15-17,26H,8,11,14H2,1-3H3,(H2,25,29). The first-order valence-electron chi connectivity index (χ1n) is 10.1. The van der Waals surface area contributed by atoms with Crippen LogP contribution in [0.15, 0.2) is 54.7 Å². The summed E-state index contributed by atoms with van der Waals surface area (Å²) in [6, 6.07) is 15.4. The third kappa shape index (κ3) is 4.86. The van der Waals surface area contributed by atoms with Crippen molar-refractivity contribution in [1.29, 1.82) is 0 Å². The number of carbonyl (C=O) groups excluding carboxylic acids is 2. The van der Waals surface area contributed by atoms with E-state index < -0.39 is 5.91 Å². The van der Waals surface area contributed by atoms with Gasteiger partial charge in [0.25, 0.3) is 0 Å². The number of anilines is 1. The summed E-state index contributed by atoms with van der Waals surface area (Å²) in [7, 11) is 0. The summed E-state index contributed by atoms with van der Waals surface area (Å²) < 4.78 is 0. The lowest BCUT2D eigenvalue weighted by atomic mass is 10.00. The number of nitrogens with two attached hydrogens (primary N) is 1. The fourth-order valence-electron chi connectivity index (χ4n) is 3.96. The van der Waals surface area contributed by atoms with Crippen molar-refractivity contribution in [2.24, 2.45) is 11.7 Å². The summed E-state index contributed by atoms with van der Waals surface area (Å²) in [6.07, 6.45) is 3.61. The molecular weight excluding hydrogens is 362 g/mol. The molecule has 3 rings (SSSR count). The number of aromatic nitrogens is 1. The molecule has 0 aliphatic carbocycles. The van der Waals surface area contributed by atoms with Crippen LogP contribution in [0, 0.1) is 5.92 Å². The van der Waals surface area contributed by atoms with Gasteiger partial charge in [-0.05, 0) is 61.6 Å². The van der Waals surface area contributed by atoms with Crippen molar-refractivity contribution in [2.45, 2.75) is 46.1 Å². The third-order valence-electron chi connectivity index (χ3n) is 5.23. The van der Waals surface area contributed by atoms with Crippen molar-refractivity contribution in [2.75, 3.05) is 4.90 Å². The van der Waals surface area contributed by atoms with Crippen LogP contribution in [0.5, 0.6) is 0 Å². The first-order valence-corrected chi connectivity index (χ1v) is 10.1. The smallest absolute Gasteiger partial charge is 0.248 e. The Morgan fingerprint density at radius 1 is 1.07 bits per heavy atom. The molecule has 1 aromatic heterocycles.